The molecular formula is C16H25NOS. The molecule has 106 valence electrons. The normalized spacial score (nSPS) is 16.7. The van der Waals surface area contributed by atoms with E-state index in [1.807, 2.05) is 26.8 Å². The Balaban J connectivity index is 3.06. The second-order valence-electron chi connectivity index (χ2n) is 6.17. The third-order valence-corrected chi connectivity index (χ3v) is 4.86. The highest BCUT2D eigenvalue weighted by Crippen LogP contribution is 2.27. The summed E-state index contributed by atoms with van der Waals surface area (Å²) in [6, 6.07) is 8.34. The van der Waals surface area contributed by atoms with Crippen LogP contribution in [0, 0.1) is 6.92 Å². The van der Waals surface area contributed by atoms with Crippen molar-refractivity contribution in [1.29, 1.82) is 0 Å². The predicted molar refractivity (Wildman–Crippen MR) is 84.4 cm³/mol. The van der Waals surface area contributed by atoms with Gasteiger partial charge >= 0.3 is 0 Å². The molecule has 2 nitrogen and oxygen atoms in total. The monoisotopic (exact) mass is 279 g/mol. The van der Waals surface area contributed by atoms with E-state index in [4.69, 9.17) is 0 Å². The number of aryl methyl sites for hydroxylation is 1. The van der Waals surface area contributed by atoms with Gasteiger partial charge in [0.25, 0.3) is 0 Å². The van der Waals surface area contributed by atoms with Crippen LogP contribution >= 0.6 is 0 Å². The fourth-order valence-corrected chi connectivity index (χ4v) is 2.70. The Morgan fingerprint density at radius 1 is 1.21 bits per heavy atom. The highest BCUT2D eigenvalue weighted by atomic mass is 32.2. The molecule has 1 rings (SSSR count). The average molecular weight is 279 g/mol. The van der Waals surface area contributed by atoms with Crippen molar-refractivity contribution >= 4 is 11.0 Å². The Labute approximate surface area is 119 Å². The largest absolute Gasteiger partial charge is 0.242 e. The van der Waals surface area contributed by atoms with E-state index >= 15 is 0 Å². The van der Waals surface area contributed by atoms with Gasteiger partial charge in [0.2, 0.25) is 0 Å². The van der Waals surface area contributed by atoms with Gasteiger partial charge < -0.3 is 0 Å². The van der Waals surface area contributed by atoms with Crippen LogP contribution in [0.25, 0.3) is 0 Å². The van der Waals surface area contributed by atoms with Crippen molar-refractivity contribution in [2.45, 2.75) is 51.3 Å². The van der Waals surface area contributed by atoms with Gasteiger partial charge in [-0.3, -0.25) is 0 Å². The minimum absolute atomic E-state index is 0.285. The average Bonchev–Trinajstić information content (AvgIpc) is 2.28. The van der Waals surface area contributed by atoms with Gasteiger partial charge in [0, 0.05) is 0 Å². The zero-order valence-electron chi connectivity index (χ0n) is 12.6. The maximum absolute atomic E-state index is 12.4. The van der Waals surface area contributed by atoms with Gasteiger partial charge in [0.05, 0.1) is 21.3 Å². The summed E-state index contributed by atoms with van der Waals surface area (Å²) >= 11 is 0. The molecule has 0 radical (unpaired) electrons. The fourth-order valence-electron chi connectivity index (χ4n) is 1.79. The number of hydrogen-bond donors (Lipinski definition) is 1. The van der Waals surface area contributed by atoms with Crippen molar-refractivity contribution in [2.24, 2.45) is 0 Å². The van der Waals surface area contributed by atoms with Gasteiger partial charge in [0.1, 0.15) is 0 Å². The minimum atomic E-state index is -1.11. The van der Waals surface area contributed by atoms with Crippen LogP contribution in [0.1, 0.15) is 45.2 Å². The first-order valence-electron chi connectivity index (χ1n) is 6.57. The molecule has 1 aromatic carbocycles. The summed E-state index contributed by atoms with van der Waals surface area (Å²) in [5.74, 6) is 0. The summed E-state index contributed by atoms with van der Waals surface area (Å²) in [6.45, 7) is 13.9. The topological polar surface area (TPSA) is 29.1 Å². The van der Waals surface area contributed by atoms with Gasteiger partial charge in [0.15, 0.2) is 0 Å². The van der Waals surface area contributed by atoms with Crippen molar-refractivity contribution in [3.05, 3.63) is 48.0 Å². The molecule has 0 bridgehead atoms. The molecule has 0 saturated carbocycles. The number of benzene rings is 1. The first-order valence-corrected chi connectivity index (χ1v) is 7.72. The first kappa shape index (κ1) is 16.1. The second kappa shape index (κ2) is 6.02. The summed E-state index contributed by atoms with van der Waals surface area (Å²) < 4.78 is 15.3. The highest BCUT2D eigenvalue weighted by molar-refractivity contribution is 7.84. The van der Waals surface area contributed by atoms with Crippen molar-refractivity contribution in [3.63, 3.8) is 0 Å². The Bertz CT molecular complexity index is 459. The number of rotatable bonds is 5. The van der Waals surface area contributed by atoms with Crippen LogP contribution in [-0.4, -0.2) is 8.96 Å². The van der Waals surface area contributed by atoms with Crippen LogP contribution in [0.5, 0.6) is 0 Å². The summed E-state index contributed by atoms with van der Waals surface area (Å²) in [5.41, 5.74) is 2.00. The fraction of sp³-hybridized carbons (Fsp3) is 0.500. The van der Waals surface area contributed by atoms with E-state index in [1.54, 1.807) is 0 Å². The molecule has 0 aromatic heterocycles. The van der Waals surface area contributed by atoms with Crippen LogP contribution in [0.3, 0.4) is 0 Å². The Morgan fingerprint density at radius 2 is 1.74 bits per heavy atom. The van der Waals surface area contributed by atoms with E-state index in [1.165, 1.54) is 5.56 Å². The third-order valence-electron chi connectivity index (χ3n) is 3.12. The van der Waals surface area contributed by atoms with Gasteiger partial charge in [-0.1, -0.05) is 35.9 Å². The molecule has 0 amide bonds. The van der Waals surface area contributed by atoms with Crippen LogP contribution in [-0.2, 0) is 16.5 Å². The molecule has 0 aliphatic heterocycles. The molecule has 0 spiro atoms. The predicted octanol–water partition coefficient (Wildman–Crippen LogP) is 3.84. The summed E-state index contributed by atoms with van der Waals surface area (Å²) in [6.07, 6.45) is 2.60. The molecule has 0 aliphatic rings. The second-order valence-corrected chi connectivity index (χ2v) is 8.14. The van der Waals surface area contributed by atoms with E-state index < -0.39 is 11.0 Å². The molecule has 3 heteroatoms. The maximum Gasteiger partial charge on any atom is 0.0978 e. The van der Waals surface area contributed by atoms with Gasteiger partial charge in [-0.15, -0.1) is 6.58 Å². The lowest BCUT2D eigenvalue weighted by atomic mass is 9.89. The molecule has 2 atom stereocenters. The van der Waals surface area contributed by atoms with Crippen molar-refractivity contribution in [1.82, 2.24) is 4.72 Å². The summed E-state index contributed by atoms with van der Waals surface area (Å²) in [4.78, 5) is 0. The van der Waals surface area contributed by atoms with Gasteiger partial charge in [-0.2, -0.15) is 0 Å². The third kappa shape index (κ3) is 4.29. The molecule has 1 aromatic rings. The van der Waals surface area contributed by atoms with E-state index in [9.17, 15) is 4.21 Å². The van der Waals surface area contributed by atoms with E-state index in [0.29, 0.717) is 0 Å². The zero-order valence-corrected chi connectivity index (χ0v) is 13.4. The lowest BCUT2D eigenvalue weighted by Crippen LogP contribution is -2.45. The molecule has 1 N–H and O–H groups in total. The lowest BCUT2D eigenvalue weighted by molar-refractivity contribution is 0.446. The van der Waals surface area contributed by atoms with Crippen LogP contribution in [0.4, 0.5) is 0 Å². The van der Waals surface area contributed by atoms with Crippen molar-refractivity contribution in [3.8, 4) is 0 Å². The van der Waals surface area contributed by atoms with E-state index in [-0.39, 0.29) is 10.3 Å². The van der Waals surface area contributed by atoms with Gasteiger partial charge in [-0.05, 0) is 46.6 Å². The minimum Gasteiger partial charge on any atom is -0.242 e. The number of nitrogens with one attached hydrogen (secondary N) is 1. The number of hydrogen-bond acceptors (Lipinski definition) is 1. The van der Waals surface area contributed by atoms with Crippen molar-refractivity contribution < 1.29 is 4.21 Å². The lowest BCUT2D eigenvalue weighted by Gasteiger charge is -2.33. The molecule has 19 heavy (non-hydrogen) atoms. The molecule has 0 fully saturated rings. The SMILES string of the molecule is C=CC[C@](C)(NS(=O)C(C)(C)C)c1ccc(C)cc1. The Hall–Kier alpha value is -0.930. The van der Waals surface area contributed by atoms with E-state index in [2.05, 4.69) is 49.4 Å². The van der Waals surface area contributed by atoms with Crippen LogP contribution in [0.15, 0.2) is 36.9 Å². The standard InChI is InChI=1S/C16H25NOS/c1-7-12-16(6,17-19(18)15(3,4)5)14-10-8-13(2)9-11-14/h7-11,17H,1,12H2,2-6H3/t16-,19?/m0/s1. The molecule has 0 saturated heterocycles. The summed E-state index contributed by atoms with van der Waals surface area (Å²) in [7, 11) is -1.11. The Kier molecular flexibility index (Phi) is 5.11. The first-order chi connectivity index (χ1) is 8.69. The molecular weight excluding hydrogens is 254 g/mol. The zero-order chi connectivity index (χ0) is 14.7. The van der Waals surface area contributed by atoms with Gasteiger partial charge in [-0.25, -0.2) is 8.93 Å². The van der Waals surface area contributed by atoms with E-state index in [0.717, 1.165) is 12.0 Å². The quantitative estimate of drug-likeness (QED) is 0.815. The molecule has 1 unspecified atom stereocenters. The highest BCUT2D eigenvalue weighted by Gasteiger charge is 2.31. The van der Waals surface area contributed by atoms with Crippen molar-refractivity contribution in [2.75, 3.05) is 0 Å². The Morgan fingerprint density at radius 3 is 2.16 bits per heavy atom. The maximum atomic E-state index is 12.4. The van der Waals surface area contributed by atoms with Crippen LogP contribution in [0.2, 0.25) is 0 Å². The smallest absolute Gasteiger partial charge is 0.0978 e. The summed E-state index contributed by atoms with van der Waals surface area (Å²) in [5, 5.41) is 0. The molecule has 0 aliphatic carbocycles. The van der Waals surface area contributed by atoms with Crippen LogP contribution < -0.4 is 4.72 Å². The molecule has 0 heterocycles.